The van der Waals surface area contributed by atoms with Crippen molar-refractivity contribution in [3.8, 4) is 0 Å². The molecule has 1 N–H and O–H groups in total. The molecule has 0 spiro atoms. The highest BCUT2D eigenvalue weighted by Crippen LogP contribution is 2.44. The van der Waals surface area contributed by atoms with Crippen LogP contribution in [0.1, 0.15) is 36.2 Å². The van der Waals surface area contributed by atoms with Crippen LogP contribution in [0.3, 0.4) is 0 Å². The molecule has 1 heterocycles. The van der Waals surface area contributed by atoms with Crippen molar-refractivity contribution >= 4 is 5.91 Å². The van der Waals surface area contributed by atoms with Gasteiger partial charge in [-0.1, -0.05) is 12.5 Å². The Morgan fingerprint density at radius 3 is 2.88 bits per heavy atom. The Labute approximate surface area is 95.3 Å². The van der Waals surface area contributed by atoms with Crippen LogP contribution < -0.4 is 5.32 Å². The Hall–Kier alpha value is -1.38. The van der Waals surface area contributed by atoms with Crippen molar-refractivity contribution < 1.29 is 4.79 Å². The second-order valence-corrected chi connectivity index (χ2v) is 4.97. The van der Waals surface area contributed by atoms with Gasteiger partial charge in [-0.25, -0.2) is 0 Å². The van der Waals surface area contributed by atoms with Gasteiger partial charge in [0.2, 0.25) is 0 Å². The number of aromatic nitrogens is 1. The van der Waals surface area contributed by atoms with Gasteiger partial charge in [0.25, 0.3) is 5.91 Å². The summed E-state index contributed by atoms with van der Waals surface area (Å²) in [6.45, 7) is 0. The summed E-state index contributed by atoms with van der Waals surface area (Å²) in [5.41, 5.74) is 0.533. The summed E-state index contributed by atoms with van der Waals surface area (Å²) in [5, 5.41) is 3.13. The van der Waals surface area contributed by atoms with E-state index in [1.807, 2.05) is 12.1 Å². The first-order valence-electron chi connectivity index (χ1n) is 6.05. The molecular weight excluding hydrogens is 200 g/mol. The van der Waals surface area contributed by atoms with Gasteiger partial charge in [0.1, 0.15) is 5.69 Å². The number of pyridine rings is 1. The molecule has 0 aliphatic heterocycles. The molecule has 2 aliphatic carbocycles. The summed E-state index contributed by atoms with van der Waals surface area (Å²) in [6, 6.07) is 5.84. The van der Waals surface area contributed by atoms with Gasteiger partial charge in [-0.15, -0.1) is 0 Å². The summed E-state index contributed by atoms with van der Waals surface area (Å²) in [7, 11) is 0. The molecule has 2 saturated carbocycles. The lowest BCUT2D eigenvalue weighted by Crippen LogP contribution is -2.38. The van der Waals surface area contributed by atoms with Crippen LogP contribution in [0.25, 0.3) is 0 Å². The highest BCUT2D eigenvalue weighted by atomic mass is 16.1. The highest BCUT2D eigenvalue weighted by Gasteiger charge is 2.40. The maximum absolute atomic E-state index is 11.9. The molecule has 3 nitrogen and oxygen atoms in total. The van der Waals surface area contributed by atoms with E-state index >= 15 is 0 Å². The van der Waals surface area contributed by atoms with E-state index in [2.05, 4.69) is 10.3 Å². The molecule has 3 heteroatoms. The topological polar surface area (TPSA) is 42.0 Å². The largest absolute Gasteiger partial charge is 0.348 e. The molecule has 0 aromatic carbocycles. The molecule has 0 radical (unpaired) electrons. The molecule has 0 saturated heterocycles. The van der Waals surface area contributed by atoms with Crippen LogP contribution in [0.15, 0.2) is 24.4 Å². The molecule has 1 aromatic heterocycles. The van der Waals surface area contributed by atoms with Crippen LogP contribution in [0.5, 0.6) is 0 Å². The maximum Gasteiger partial charge on any atom is 0.270 e. The molecule has 3 atom stereocenters. The summed E-state index contributed by atoms with van der Waals surface area (Å²) < 4.78 is 0. The first-order valence-corrected chi connectivity index (χ1v) is 6.05. The van der Waals surface area contributed by atoms with Crippen molar-refractivity contribution in [1.29, 1.82) is 0 Å². The van der Waals surface area contributed by atoms with Crippen molar-refractivity contribution in [2.75, 3.05) is 0 Å². The van der Waals surface area contributed by atoms with E-state index in [-0.39, 0.29) is 5.91 Å². The number of hydrogen-bond donors (Lipinski definition) is 1. The third-order valence-electron chi connectivity index (χ3n) is 3.95. The SMILES string of the molecule is O=C(NC1CC2CCC1C2)c1ccccn1. The van der Waals surface area contributed by atoms with Crippen molar-refractivity contribution in [1.82, 2.24) is 10.3 Å². The fourth-order valence-electron chi connectivity index (χ4n) is 3.16. The van der Waals surface area contributed by atoms with E-state index in [4.69, 9.17) is 0 Å². The second kappa shape index (κ2) is 3.89. The smallest absolute Gasteiger partial charge is 0.270 e. The normalized spacial score (nSPS) is 31.6. The van der Waals surface area contributed by atoms with Gasteiger partial charge in [0, 0.05) is 12.2 Å². The van der Waals surface area contributed by atoms with Crippen molar-refractivity contribution in [3.63, 3.8) is 0 Å². The van der Waals surface area contributed by atoms with Crippen LogP contribution in [-0.4, -0.2) is 16.9 Å². The van der Waals surface area contributed by atoms with Crippen molar-refractivity contribution in [3.05, 3.63) is 30.1 Å². The van der Waals surface area contributed by atoms with Crippen LogP contribution in [0.2, 0.25) is 0 Å². The Morgan fingerprint density at radius 2 is 2.25 bits per heavy atom. The lowest BCUT2D eigenvalue weighted by molar-refractivity contribution is 0.0918. The summed E-state index contributed by atoms with van der Waals surface area (Å²) in [4.78, 5) is 16.0. The predicted octanol–water partition coefficient (Wildman–Crippen LogP) is 2.00. The van der Waals surface area contributed by atoms with Gasteiger partial charge in [0.05, 0.1) is 0 Å². The van der Waals surface area contributed by atoms with E-state index in [1.165, 1.54) is 25.7 Å². The number of fused-ring (bicyclic) bond motifs is 2. The zero-order valence-electron chi connectivity index (χ0n) is 9.23. The Balaban J connectivity index is 1.65. The van der Waals surface area contributed by atoms with Crippen molar-refractivity contribution in [2.45, 2.75) is 31.7 Å². The molecule has 84 valence electrons. The Kier molecular flexibility index (Phi) is 2.39. The molecule has 1 amide bonds. The maximum atomic E-state index is 11.9. The first-order chi connectivity index (χ1) is 7.83. The van der Waals surface area contributed by atoms with Gasteiger partial charge >= 0.3 is 0 Å². The van der Waals surface area contributed by atoms with Gasteiger partial charge in [-0.2, -0.15) is 0 Å². The molecule has 16 heavy (non-hydrogen) atoms. The Bertz CT molecular complexity index is 390. The lowest BCUT2D eigenvalue weighted by Gasteiger charge is -2.22. The Morgan fingerprint density at radius 1 is 1.31 bits per heavy atom. The molecule has 2 bridgehead atoms. The molecular formula is C13H16N2O. The average Bonchev–Trinajstić information content (AvgIpc) is 2.92. The average molecular weight is 216 g/mol. The number of carbonyl (C=O) groups excluding carboxylic acids is 1. The molecule has 3 unspecified atom stereocenters. The number of nitrogens with zero attached hydrogens (tertiary/aromatic N) is 1. The summed E-state index contributed by atoms with van der Waals surface area (Å²) in [5.74, 6) is 1.56. The summed E-state index contributed by atoms with van der Waals surface area (Å²) >= 11 is 0. The third kappa shape index (κ3) is 1.70. The molecule has 2 fully saturated rings. The monoisotopic (exact) mass is 216 g/mol. The van der Waals surface area contributed by atoms with E-state index in [0.29, 0.717) is 11.7 Å². The second-order valence-electron chi connectivity index (χ2n) is 4.97. The van der Waals surface area contributed by atoms with Gasteiger partial charge in [-0.05, 0) is 43.2 Å². The number of carbonyl (C=O) groups is 1. The van der Waals surface area contributed by atoms with Crippen LogP contribution in [0, 0.1) is 11.8 Å². The molecule has 2 aliphatic rings. The fraction of sp³-hybridized carbons (Fsp3) is 0.538. The minimum Gasteiger partial charge on any atom is -0.348 e. The highest BCUT2D eigenvalue weighted by molar-refractivity contribution is 5.92. The molecule has 3 rings (SSSR count). The fourth-order valence-corrected chi connectivity index (χ4v) is 3.16. The quantitative estimate of drug-likeness (QED) is 0.821. The van der Waals surface area contributed by atoms with E-state index in [1.54, 1.807) is 12.3 Å². The summed E-state index contributed by atoms with van der Waals surface area (Å²) in [6.07, 6.45) is 6.80. The number of amides is 1. The van der Waals surface area contributed by atoms with Crippen molar-refractivity contribution in [2.24, 2.45) is 11.8 Å². The first kappa shape index (κ1) is 9.82. The van der Waals surface area contributed by atoms with Crippen LogP contribution in [-0.2, 0) is 0 Å². The zero-order chi connectivity index (χ0) is 11.0. The molecule has 1 aromatic rings. The zero-order valence-corrected chi connectivity index (χ0v) is 9.23. The van der Waals surface area contributed by atoms with Crippen LogP contribution >= 0.6 is 0 Å². The van der Waals surface area contributed by atoms with E-state index < -0.39 is 0 Å². The minimum absolute atomic E-state index is 0.0156. The third-order valence-corrected chi connectivity index (χ3v) is 3.95. The predicted molar refractivity (Wildman–Crippen MR) is 60.9 cm³/mol. The van der Waals surface area contributed by atoms with Crippen LogP contribution in [0.4, 0.5) is 0 Å². The minimum atomic E-state index is -0.0156. The number of hydrogen-bond acceptors (Lipinski definition) is 2. The lowest BCUT2D eigenvalue weighted by atomic mass is 9.95. The van der Waals surface area contributed by atoms with Gasteiger partial charge < -0.3 is 5.32 Å². The van der Waals surface area contributed by atoms with E-state index in [0.717, 1.165) is 11.8 Å². The standard InChI is InChI=1S/C13H16N2O/c16-13(11-3-1-2-6-14-11)15-12-8-9-4-5-10(12)7-9/h1-3,6,9-10,12H,4-5,7-8H2,(H,15,16). The number of rotatable bonds is 2. The number of nitrogens with one attached hydrogen (secondary N) is 1. The van der Waals surface area contributed by atoms with E-state index in [9.17, 15) is 4.79 Å². The van der Waals surface area contributed by atoms with Gasteiger partial charge in [0.15, 0.2) is 0 Å². The van der Waals surface area contributed by atoms with Gasteiger partial charge in [-0.3, -0.25) is 9.78 Å².